The molecule has 0 aliphatic carbocycles. The number of fused-ring (bicyclic) bond motifs is 1. The Kier molecular flexibility index (Phi) is 5.13. The van der Waals surface area contributed by atoms with Gasteiger partial charge in [0.15, 0.2) is 5.43 Å². The van der Waals surface area contributed by atoms with Gasteiger partial charge in [-0.25, -0.2) is 8.42 Å². The topological polar surface area (TPSA) is 79.0 Å². The van der Waals surface area contributed by atoms with Crippen molar-refractivity contribution in [2.24, 2.45) is 0 Å². The first-order valence-corrected chi connectivity index (χ1v) is 10.1. The van der Waals surface area contributed by atoms with Gasteiger partial charge in [-0.15, -0.1) is 0 Å². The second-order valence-electron chi connectivity index (χ2n) is 6.38. The molecule has 3 aromatic rings. The maximum Gasteiger partial charge on any atom is 0.263 e. The number of benzene rings is 2. The van der Waals surface area contributed by atoms with Crippen molar-refractivity contribution < 1.29 is 8.42 Å². The SMILES string of the molecule is CCCCc1c(NS(=O)(=O)c2ccc(C)cc2)[nH]c2ccccc2c1=O. The molecule has 0 amide bonds. The fraction of sp³-hybridized carbons (Fsp3) is 0.250. The molecule has 1 aromatic heterocycles. The fourth-order valence-corrected chi connectivity index (χ4v) is 3.92. The average Bonchev–Trinajstić information content (AvgIpc) is 2.61. The van der Waals surface area contributed by atoms with Gasteiger partial charge in [0, 0.05) is 10.9 Å². The summed E-state index contributed by atoms with van der Waals surface area (Å²) in [6.45, 7) is 3.93. The van der Waals surface area contributed by atoms with Crippen LogP contribution in [0.4, 0.5) is 5.82 Å². The minimum atomic E-state index is -3.78. The molecule has 0 atom stereocenters. The molecule has 2 N–H and O–H groups in total. The third-order valence-electron chi connectivity index (χ3n) is 4.36. The van der Waals surface area contributed by atoms with Crippen LogP contribution in [0.25, 0.3) is 10.9 Å². The van der Waals surface area contributed by atoms with Crippen LogP contribution in [0, 0.1) is 6.92 Å². The second kappa shape index (κ2) is 7.33. The van der Waals surface area contributed by atoms with Crippen molar-refractivity contribution in [1.82, 2.24) is 4.98 Å². The Morgan fingerprint density at radius 1 is 1.04 bits per heavy atom. The summed E-state index contributed by atoms with van der Waals surface area (Å²) < 4.78 is 28.1. The smallest absolute Gasteiger partial charge is 0.263 e. The quantitative estimate of drug-likeness (QED) is 0.689. The third kappa shape index (κ3) is 3.65. The zero-order chi connectivity index (χ0) is 18.7. The Labute approximate surface area is 153 Å². The molecule has 0 fully saturated rings. The molecule has 6 heteroatoms. The molecule has 5 nitrogen and oxygen atoms in total. The number of anilines is 1. The second-order valence-corrected chi connectivity index (χ2v) is 8.06. The number of hydrogen-bond acceptors (Lipinski definition) is 3. The van der Waals surface area contributed by atoms with Crippen LogP contribution in [0.2, 0.25) is 0 Å². The Bertz CT molecular complexity index is 1080. The monoisotopic (exact) mass is 370 g/mol. The van der Waals surface area contributed by atoms with E-state index < -0.39 is 10.0 Å². The number of pyridine rings is 1. The molecule has 3 rings (SSSR count). The lowest BCUT2D eigenvalue weighted by Crippen LogP contribution is -2.20. The minimum Gasteiger partial charge on any atom is -0.340 e. The highest BCUT2D eigenvalue weighted by molar-refractivity contribution is 7.92. The number of hydrogen-bond donors (Lipinski definition) is 2. The Morgan fingerprint density at radius 2 is 1.73 bits per heavy atom. The summed E-state index contributed by atoms with van der Waals surface area (Å²) in [4.78, 5) is 16.1. The van der Waals surface area contributed by atoms with Gasteiger partial charge in [-0.05, 0) is 44.0 Å². The largest absolute Gasteiger partial charge is 0.340 e. The lowest BCUT2D eigenvalue weighted by atomic mass is 10.1. The van der Waals surface area contributed by atoms with E-state index >= 15 is 0 Å². The molecular formula is C20H22N2O3S. The van der Waals surface area contributed by atoms with E-state index in [9.17, 15) is 13.2 Å². The van der Waals surface area contributed by atoms with Gasteiger partial charge in [0.2, 0.25) is 0 Å². The van der Waals surface area contributed by atoms with E-state index in [0.29, 0.717) is 22.9 Å². The Balaban J connectivity index is 2.10. The van der Waals surface area contributed by atoms with E-state index in [1.54, 1.807) is 42.5 Å². The summed E-state index contributed by atoms with van der Waals surface area (Å²) in [5.41, 5.74) is 1.93. The third-order valence-corrected chi connectivity index (χ3v) is 5.72. The van der Waals surface area contributed by atoms with Crippen LogP contribution in [-0.4, -0.2) is 13.4 Å². The molecule has 136 valence electrons. The van der Waals surface area contributed by atoms with Crippen LogP contribution in [-0.2, 0) is 16.4 Å². The van der Waals surface area contributed by atoms with Gasteiger partial charge in [-0.3, -0.25) is 9.52 Å². The number of aromatic nitrogens is 1. The fourth-order valence-electron chi connectivity index (χ4n) is 2.87. The zero-order valence-electron chi connectivity index (χ0n) is 14.9. The molecule has 0 bridgehead atoms. The molecule has 0 saturated carbocycles. The number of nitrogens with one attached hydrogen (secondary N) is 2. The lowest BCUT2D eigenvalue weighted by molar-refractivity contribution is 0.601. The van der Waals surface area contributed by atoms with Crippen LogP contribution in [0.1, 0.15) is 30.9 Å². The van der Waals surface area contributed by atoms with Crippen LogP contribution in [0.3, 0.4) is 0 Å². The molecule has 2 aromatic carbocycles. The first-order valence-electron chi connectivity index (χ1n) is 8.66. The van der Waals surface area contributed by atoms with E-state index in [-0.39, 0.29) is 16.1 Å². The Hall–Kier alpha value is -2.60. The maximum absolute atomic E-state index is 12.9. The van der Waals surface area contributed by atoms with Gasteiger partial charge < -0.3 is 4.98 Å². The van der Waals surface area contributed by atoms with E-state index in [1.807, 2.05) is 19.9 Å². The first kappa shape index (κ1) is 18.2. The van der Waals surface area contributed by atoms with E-state index in [1.165, 1.54) is 0 Å². The Morgan fingerprint density at radius 3 is 2.42 bits per heavy atom. The van der Waals surface area contributed by atoms with Crippen LogP contribution in [0.5, 0.6) is 0 Å². The summed E-state index contributed by atoms with van der Waals surface area (Å²) in [5.74, 6) is 0.253. The molecule has 0 saturated heterocycles. The predicted molar refractivity (Wildman–Crippen MR) is 105 cm³/mol. The van der Waals surface area contributed by atoms with Gasteiger partial charge in [0.1, 0.15) is 5.82 Å². The number of aromatic amines is 1. The maximum atomic E-state index is 12.9. The summed E-state index contributed by atoms with van der Waals surface area (Å²) in [6.07, 6.45) is 2.24. The normalized spacial score (nSPS) is 11.6. The predicted octanol–water partition coefficient (Wildman–Crippen LogP) is 3.98. The van der Waals surface area contributed by atoms with Crippen molar-refractivity contribution in [3.05, 3.63) is 69.9 Å². The van der Waals surface area contributed by atoms with Gasteiger partial charge >= 0.3 is 0 Å². The minimum absolute atomic E-state index is 0.130. The highest BCUT2D eigenvalue weighted by atomic mass is 32.2. The van der Waals surface area contributed by atoms with Crippen molar-refractivity contribution in [3.8, 4) is 0 Å². The van der Waals surface area contributed by atoms with Crippen LogP contribution < -0.4 is 10.2 Å². The number of H-pyrrole nitrogens is 1. The van der Waals surface area contributed by atoms with E-state index in [0.717, 1.165) is 18.4 Å². The zero-order valence-corrected chi connectivity index (χ0v) is 15.7. The van der Waals surface area contributed by atoms with Gasteiger partial charge in [0.25, 0.3) is 10.0 Å². The number of sulfonamides is 1. The number of rotatable bonds is 6. The van der Waals surface area contributed by atoms with Crippen LogP contribution in [0.15, 0.2) is 58.2 Å². The molecule has 26 heavy (non-hydrogen) atoms. The van der Waals surface area contributed by atoms with Crippen molar-refractivity contribution in [2.45, 2.75) is 38.0 Å². The van der Waals surface area contributed by atoms with Gasteiger partial charge in [-0.1, -0.05) is 43.2 Å². The van der Waals surface area contributed by atoms with E-state index in [2.05, 4.69) is 9.71 Å². The molecule has 0 unspecified atom stereocenters. The highest BCUT2D eigenvalue weighted by Crippen LogP contribution is 2.21. The van der Waals surface area contributed by atoms with Crippen molar-refractivity contribution in [3.63, 3.8) is 0 Å². The summed E-state index contributed by atoms with van der Waals surface area (Å²) in [5, 5.41) is 0.567. The summed E-state index contributed by atoms with van der Waals surface area (Å²) in [7, 11) is -3.78. The van der Waals surface area contributed by atoms with E-state index in [4.69, 9.17) is 0 Å². The number of aryl methyl sites for hydroxylation is 1. The van der Waals surface area contributed by atoms with Crippen LogP contribution >= 0.6 is 0 Å². The molecule has 0 radical (unpaired) electrons. The molecule has 1 heterocycles. The number of para-hydroxylation sites is 1. The molecule has 0 spiro atoms. The number of unbranched alkanes of at least 4 members (excludes halogenated alkanes) is 1. The van der Waals surface area contributed by atoms with Gasteiger partial charge in [-0.2, -0.15) is 0 Å². The first-order chi connectivity index (χ1) is 12.4. The highest BCUT2D eigenvalue weighted by Gasteiger charge is 2.19. The van der Waals surface area contributed by atoms with Crippen molar-refractivity contribution >= 4 is 26.7 Å². The molecular weight excluding hydrogens is 348 g/mol. The lowest BCUT2D eigenvalue weighted by Gasteiger charge is -2.14. The summed E-state index contributed by atoms with van der Waals surface area (Å²) >= 11 is 0. The van der Waals surface area contributed by atoms with Gasteiger partial charge in [0.05, 0.1) is 10.4 Å². The standard InChI is InChI=1S/C20H22N2O3S/c1-3-4-7-17-19(23)16-8-5-6-9-18(16)21-20(17)22-26(24,25)15-12-10-14(2)11-13-15/h5-6,8-13H,3-4,7H2,1-2H3,(H2,21,22,23). The van der Waals surface area contributed by atoms with Crippen molar-refractivity contribution in [1.29, 1.82) is 0 Å². The summed E-state index contributed by atoms with van der Waals surface area (Å²) in [6, 6.07) is 13.7. The van der Waals surface area contributed by atoms with Crippen molar-refractivity contribution in [2.75, 3.05) is 4.72 Å². The molecule has 0 aliphatic heterocycles. The molecule has 0 aliphatic rings. The average molecular weight is 370 g/mol.